The van der Waals surface area contributed by atoms with Crippen molar-refractivity contribution in [3.8, 4) is 11.6 Å². The summed E-state index contributed by atoms with van der Waals surface area (Å²) in [5, 5.41) is 0. The van der Waals surface area contributed by atoms with Crippen molar-refractivity contribution in [2.24, 2.45) is 0 Å². The van der Waals surface area contributed by atoms with E-state index < -0.39 is 18.3 Å². The third-order valence-corrected chi connectivity index (χ3v) is 4.08. The van der Waals surface area contributed by atoms with Crippen LogP contribution >= 0.6 is 0 Å². The molecule has 1 aliphatic rings. The molecule has 5 nitrogen and oxygen atoms in total. The van der Waals surface area contributed by atoms with Gasteiger partial charge in [0.15, 0.2) is 0 Å². The standard InChI is InChI=1S/C14H22BNO4/c1-9-11(17-6)8-10(12(16-9)18-7)15-19-13(2,3)14(4,5)20-15/h8H,1-7H3. The third-order valence-electron chi connectivity index (χ3n) is 4.08. The second-order valence-electron chi connectivity index (χ2n) is 5.96. The highest BCUT2D eigenvalue weighted by molar-refractivity contribution is 6.63. The summed E-state index contributed by atoms with van der Waals surface area (Å²) >= 11 is 0. The molecule has 0 unspecified atom stereocenters. The lowest BCUT2D eigenvalue weighted by atomic mass is 9.79. The first kappa shape index (κ1) is 15.1. The molecule has 20 heavy (non-hydrogen) atoms. The maximum atomic E-state index is 6.03. The Morgan fingerprint density at radius 3 is 2.05 bits per heavy atom. The lowest BCUT2D eigenvalue weighted by molar-refractivity contribution is 0.00578. The molecule has 110 valence electrons. The fraction of sp³-hybridized carbons (Fsp3) is 0.643. The van der Waals surface area contributed by atoms with Gasteiger partial charge in [-0.2, -0.15) is 0 Å². The summed E-state index contributed by atoms with van der Waals surface area (Å²) in [5.74, 6) is 1.19. The SMILES string of the molecule is COc1cc(B2OC(C)(C)C(C)(C)O2)c(OC)nc1C. The van der Waals surface area contributed by atoms with Crippen LogP contribution in [0.3, 0.4) is 0 Å². The van der Waals surface area contributed by atoms with E-state index in [1.54, 1.807) is 14.2 Å². The van der Waals surface area contributed by atoms with Gasteiger partial charge in [-0.1, -0.05) is 0 Å². The molecule has 2 heterocycles. The van der Waals surface area contributed by atoms with Crippen molar-refractivity contribution < 1.29 is 18.8 Å². The monoisotopic (exact) mass is 279 g/mol. The van der Waals surface area contributed by atoms with Gasteiger partial charge in [-0.05, 0) is 40.7 Å². The average Bonchev–Trinajstić information content (AvgIpc) is 2.57. The predicted molar refractivity (Wildman–Crippen MR) is 77.8 cm³/mol. The summed E-state index contributed by atoms with van der Waals surface area (Å²) < 4.78 is 22.7. The van der Waals surface area contributed by atoms with Crippen molar-refractivity contribution in [2.45, 2.75) is 45.8 Å². The molecule has 0 N–H and O–H groups in total. The highest BCUT2D eigenvalue weighted by atomic mass is 16.7. The van der Waals surface area contributed by atoms with E-state index in [0.717, 1.165) is 11.2 Å². The van der Waals surface area contributed by atoms with E-state index in [9.17, 15) is 0 Å². The van der Waals surface area contributed by atoms with Crippen molar-refractivity contribution in [3.63, 3.8) is 0 Å². The van der Waals surface area contributed by atoms with Gasteiger partial charge in [0.1, 0.15) is 5.75 Å². The van der Waals surface area contributed by atoms with Gasteiger partial charge >= 0.3 is 7.12 Å². The first-order chi connectivity index (χ1) is 9.21. The zero-order valence-electron chi connectivity index (χ0n) is 13.2. The van der Waals surface area contributed by atoms with Crippen LogP contribution in [0.1, 0.15) is 33.4 Å². The second-order valence-corrected chi connectivity index (χ2v) is 5.96. The van der Waals surface area contributed by atoms with Crippen LogP contribution in [-0.4, -0.2) is 37.5 Å². The minimum atomic E-state index is -0.517. The minimum absolute atomic E-state index is 0.402. The lowest BCUT2D eigenvalue weighted by Gasteiger charge is -2.32. The van der Waals surface area contributed by atoms with Crippen LogP contribution in [0.5, 0.6) is 11.6 Å². The van der Waals surface area contributed by atoms with Crippen LogP contribution in [0, 0.1) is 6.92 Å². The summed E-state index contributed by atoms with van der Waals surface area (Å²) in [5.41, 5.74) is 0.708. The molecule has 1 saturated heterocycles. The summed E-state index contributed by atoms with van der Waals surface area (Å²) in [6, 6.07) is 1.86. The largest absolute Gasteiger partial charge is 0.500 e. The Kier molecular flexibility index (Phi) is 3.73. The van der Waals surface area contributed by atoms with E-state index in [2.05, 4.69) is 4.98 Å². The van der Waals surface area contributed by atoms with E-state index in [-0.39, 0.29) is 0 Å². The quantitative estimate of drug-likeness (QED) is 0.788. The molecule has 1 fully saturated rings. The van der Waals surface area contributed by atoms with Crippen LogP contribution < -0.4 is 14.9 Å². The molecule has 0 atom stereocenters. The number of aryl methyl sites for hydroxylation is 1. The van der Waals surface area contributed by atoms with Crippen molar-refractivity contribution in [1.29, 1.82) is 0 Å². The van der Waals surface area contributed by atoms with Gasteiger partial charge in [-0.3, -0.25) is 0 Å². The summed E-state index contributed by atoms with van der Waals surface area (Å²) in [6.07, 6.45) is 0. The van der Waals surface area contributed by atoms with Crippen LogP contribution in [0.25, 0.3) is 0 Å². The Labute approximate surface area is 120 Å². The molecule has 0 spiro atoms. The number of ether oxygens (including phenoxy) is 2. The van der Waals surface area contributed by atoms with E-state index >= 15 is 0 Å². The molecule has 0 amide bonds. The molecule has 0 radical (unpaired) electrons. The molecule has 1 aliphatic heterocycles. The van der Waals surface area contributed by atoms with Gasteiger partial charge in [0.2, 0.25) is 5.88 Å². The predicted octanol–water partition coefficient (Wildman–Crippen LogP) is 1.71. The number of methoxy groups -OCH3 is 2. The van der Waals surface area contributed by atoms with Gasteiger partial charge in [0.05, 0.1) is 31.1 Å². The Morgan fingerprint density at radius 2 is 1.60 bits per heavy atom. The number of aromatic nitrogens is 1. The number of pyridine rings is 1. The molecule has 0 bridgehead atoms. The topological polar surface area (TPSA) is 49.8 Å². The maximum Gasteiger partial charge on any atom is 0.500 e. The van der Waals surface area contributed by atoms with Crippen LogP contribution in [0.15, 0.2) is 6.07 Å². The molecule has 0 saturated carbocycles. The van der Waals surface area contributed by atoms with Gasteiger partial charge in [-0.25, -0.2) is 4.98 Å². The van der Waals surface area contributed by atoms with E-state index in [1.165, 1.54) is 0 Å². The Hall–Kier alpha value is -1.27. The summed E-state index contributed by atoms with van der Waals surface area (Å²) in [4.78, 5) is 4.40. The highest BCUT2D eigenvalue weighted by Gasteiger charge is 2.52. The zero-order valence-corrected chi connectivity index (χ0v) is 13.2. The number of hydrogen-bond acceptors (Lipinski definition) is 5. The van der Waals surface area contributed by atoms with Crippen molar-refractivity contribution in [2.75, 3.05) is 14.2 Å². The Bertz CT molecular complexity index is 500. The zero-order chi connectivity index (χ0) is 15.1. The van der Waals surface area contributed by atoms with Crippen LogP contribution in [-0.2, 0) is 9.31 Å². The smallest absolute Gasteiger partial charge is 0.495 e. The van der Waals surface area contributed by atoms with Crippen molar-refractivity contribution in [1.82, 2.24) is 4.98 Å². The van der Waals surface area contributed by atoms with E-state index in [0.29, 0.717) is 11.6 Å². The fourth-order valence-electron chi connectivity index (χ4n) is 2.09. The summed E-state index contributed by atoms with van der Waals surface area (Å²) in [6.45, 7) is 9.92. The molecule has 0 aromatic carbocycles. The van der Waals surface area contributed by atoms with Crippen LogP contribution in [0.4, 0.5) is 0 Å². The molecule has 6 heteroatoms. The molecule has 1 aromatic heterocycles. The average molecular weight is 279 g/mol. The molecular formula is C14H22BNO4. The minimum Gasteiger partial charge on any atom is -0.495 e. The molecular weight excluding hydrogens is 257 g/mol. The first-order valence-corrected chi connectivity index (χ1v) is 6.67. The van der Waals surface area contributed by atoms with Gasteiger partial charge < -0.3 is 18.8 Å². The van der Waals surface area contributed by atoms with Crippen molar-refractivity contribution >= 4 is 12.6 Å². The van der Waals surface area contributed by atoms with E-state index in [1.807, 2.05) is 40.7 Å². The number of nitrogens with zero attached hydrogens (tertiary/aromatic N) is 1. The normalized spacial score (nSPS) is 20.1. The molecule has 0 aliphatic carbocycles. The number of hydrogen-bond donors (Lipinski definition) is 0. The second kappa shape index (κ2) is 4.93. The van der Waals surface area contributed by atoms with E-state index in [4.69, 9.17) is 18.8 Å². The lowest BCUT2D eigenvalue weighted by Crippen LogP contribution is -2.41. The van der Waals surface area contributed by atoms with Gasteiger partial charge in [-0.15, -0.1) is 0 Å². The number of rotatable bonds is 3. The fourth-order valence-corrected chi connectivity index (χ4v) is 2.09. The van der Waals surface area contributed by atoms with Crippen LogP contribution in [0.2, 0.25) is 0 Å². The molecule has 2 rings (SSSR count). The third kappa shape index (κ3) is 2.38. The van der Waals surface area contributed by atoms with Crippen molar-refractivity contribution in [3.05, 3.63) is 11.8 Å². The maximum absolute atomic E-state index is 6.03. The molecule has 1 aromatic rings. The Balaban J connectivity index is 2.43. The Morgan fingerprint density at radius 1 is 1.05 bits per heavy atom. The van der Waals surface area contributed by atoms with Gasteiger partial charge in [0.25, 0.3) is 0 Å². The summed E-state index contributed by atoms with van der Waals surface area (Å²) in [7, 11) is 2.69. The van der Waals surface area contributed by atoms with Gasteiger partial charge in [0, 0.05) is 5.46 Å². The highest BCUT2D eigenvalue weighted by Crippen LogP contribution is 2.37. The first-order valence-electron chi connectivity index (χ1n) is 6.67.